The Morgan fingerprint density at radius 1 is 1.22 bits per heavy atom. The van der Waals surface area contributed by atoms with Crippen LogP contribution in [0.25, 0.3) is 11.3 Å². The smallest absolute Gasteiger partial charge is 0.124 e. The summed E-state index contributed by atoms with van der Waals surface area (Å²) in [6.45, 7) is 1.23. The molecule has 138 valence electrons. The topological polar surface area (TPSA) is 58.4 Å². The Hall–Kier alpha value is -2.63. The van der Waals surface area contributed by atoms with E-state index in [2.05, 4.69) is 15.0 Å². The highest BCUT2D eigenvalue weighted by Crippen LogP contribution is 2.36. The first kappa shape index (κ1) is 19.1. The van der Waals surface area contributed by atoms with Crippen molar-refractivity contribution in [3.63, 3.8) is 0 Å². The van der Waals surface area contributed by atoms with E-state index in [1.807, 2.05) is 19.1 Å². The SMILES string of the molecule is Cc1cc(Cl)cc(-c2ncccc2[C@@H](O)[C@@H](/N=C\CF)c2cccnc2)c1. The molecule has 0 radical (unpaired) electrons. The first-order valence-electron chi connectivity index (χ1n) is 8.48. The highest BCUT2D eigenvalue weighted by atomic mass is 35.5. The fraction of sp³-hybridized carbons (Fsp3) is 0.190. The summed E-state index contributed by atoms with van der Waals surface area (Å²) < 4.78 is 12.7. The van der Waals surface area contributed by atoms with Crippen LogP contribution in [0.2, 0.25) is 5.02 Å². The molecule has 2 heterocycles. The maximum absolute atomic E-state index is 12.7. The van der Waals surface area contributed by atoms with Crippen molar-refractivity contribution in [1.29, 1.82) is 0 Å². The minimum atomic E-state index is -1.03. The van der Waals surface area contributed by atoms with E-state index < -0.39 is 18.8 Å². The maximum atomic E-state index is 12.7. The van der Waals surface area contributed by atoms with Gasteiger partial charge >= 0.3 is 0 Å². The van der Waals surface area contributed by atoms with E-state index in [9.17, 15) is 9.50 Å². The molecule has 2 aromatic heterocycles. The number of hydrogen-bond acceptors (Lipinski definition) is 4. The van der Waals surface area contributed by atoms with Gasteiger partial charge in [0, 0.05) is 41.0 Å². The first-order chi connectivity index (χ1) is 13.1. The lowest BCUT2D eigenvalue weighted by molar-refractivity contribution is 0.148. The Balaban J connectivity index is 2.08. The quantitative estimate of drug-likeness (QED) is 0.614. The summed E-state index contributed by atoms with van der Waals surface area (Å²) in [5, 5.41) is 11.7. The fourth-order valence-corrected chi connectivity index (χ4v) is 3.28. The zero-order valence-corrected chi connectivity index (χ0v) is 15.5. The summed E-state index contributed by atoms with van der Waals surface area (Å²) >= 11 is 6.20. The minimum absolute atomic E-state index is 0.587. The van der Waals surface area contributed by atoms with Crippen LogP contribution in [0.15, 0.2) is 66.0 Å². The van der Waals surface area contributed by atoms with Crippen LogP contribution in [-0.4, -0.2) is 28.0 Å². The van der Waals surface area contributed by atoms with Gasteiger partial charge in [-0.05, 0) is 48.4 Å². The van der Waals surface area contributed by atoms with Gasteiger partial charge in [-0.2, -0.15) is 0 Å². The summed E-state index contributed by atoms with van der Waals surface area (Å²) in [5.41, 5.74) is 3.67. The van der Waals surface area contributed by atoms with E-state index in [1.165, 1.54) is 0 Å². The Labute approximate surface area is 162 Å². The predicted molar refractivity (Wildman–Crippen MR) is 106 cm³/mol. The molecule has 0 unspecified atom stereocenters. The van der Waals surface area contributed by atoms with E-state index in [0.29, 0.717) is 21.8 Å². The zero-order valence-electron chi connectivity index (χ0n) is 14.8. The molecule has 4 nitrogen and oxygen atoms in total. The number of aryl methyl sites for hydroxylation is 1. The molecule has 3 rings (SSSR count). The fourth-order valence-electron chi connectivity index (χ4n) is 2.99. The van der Waals surface area contributed by atoms with Crippen LogP contribution in [-0.2, 0) is 0 Å². The number of pyridine rings is 2. The normalized spacial score (nSPS) is 13.6. The van der Waals surface area contributed by atoms with Gasteiger partial charge in [0.25, 0.3) is 0 Å². The Morgan fingerprint density at radius 2 is 2.04 bits per heavy atom. The molecule has 0 spiro atoms. The van der Waals surface area contributed by atoms with Gasteiger partial charge in [0.05, 0.1) is 5.69 Å². The summed E-state index contributed by atoms with van der Waals surface area (Å²) in [5.74, 6) is 0. The summed E-state index contributed by atoms with van der Waals surface area (Å²) in [6, 6.07) is 12.0. The number of rotatable bonds is 6. The average molecular weight is 384 g/mol. The summed E-state index contributed by atoms with van der Waals surface area (Å²) in [7, 11) is 0. The Bertz CT molecular complexity index is 913. The van der Waals surface area contributed by atoms with Crippen LogP contribution in [0.1, 0.15) is 28.8 Å². The molecule has 1 aromatic carbocycles. The summed E-state index contributed by atoms with van der Waals surface area (Å²) in [4.78, 5) is 12.7. The molecular formula is C21H19ClFN3O. The number of nitrogens with zero attached hydrogens (tertiary/aromatic N) is 3. The van der Waals surface area contributed by atoms with Gasteiger partial charge in [0.15, 0.2) is 0 Å². The van der Waals surface area contributed by atoms with Crippen LogP contribution < -0.4 is 0 Å². The number of aliphatic imine (C=N–C) groups is 1. The molecule has 0 fully saturated rings. The largest absolute Gasteiger partial charge is 0.386 e. The number of benzene rings is 1. The third-order valence-electron chi connectivity index (χ3n) is 4.13. The standard InChI is InChI=1S/C21H19ClFN3O/c1-14-10-16(12-17(22)11-14)19-18(5-3-8-25-19)21(27)20(26-9-6-23)15-4-2-7-24-13-15/h2-5,7-13,20-21,27H,6H2,1H3/b26-9-/t20-,21+/m0/s1. The lowest BCUT2D eigenvalue weighted by Gasteiger charge is -2.22. The van der Waals surface area contributed by atoms with E-state index in [1.54, 1.807) is 48.9 Å². The van der Waals surface area contributed by atoms with E-state index in [0.717, 1.165) is 17.3 Å². The molecule has 0 amide bonds. The maximum Gasteiger partial charge on any atom is 0.124 e. The molecule has 3 aromatic rings. The van der Waals surface area contributed by atoms with E-state index in [-0.39, 0.29) is 0 Å². The van der Waals surface area contributed by atoms with Gasteiger partial charge in [-0.25, -0.2) is 4.39 Å². The Kier molecular flexibility index (Phi) is 6.27. The molecule has 27 heavy (non-hydrogen) atoms. The molecule has 0 aliphatic heterocycles. The second kappa shape index (κ2) is 8.84. The van der Waals surface area contributed by atoms with E-state index >= 15 is 0 Å². The number of halogens is 2. The van der Waals surface area contributed by atoms with Crippen LogP contribution in [0, 0.1) is 6.92 Å². The van der Waals surface area contributed by atoms with Gasteiger partial charge in [0.2, 0.25) is 0 Å². The predicted octanol–water partition coefficient (Wildman–Crippen LogP) is 4.92. The monoisotopic (exact) mass is 383 g/mol. The van der Waals surface area contributed by atoms with Gasteiger partial charge in [-0.1, -0.05) is 23.7 Å². The van der Waals surface area contributed by atoms with Crippen molar-refractivity contribution < 1.29 is 9.50 Å². The third kappa shape index (κ3) is 4.56. The summed E-state index contributed by atoms with van der Waals surface area (Å²) in [6.07, 6.45) is 5.03. The lowest BCUT2D eigenvalue weighted by Crippen LogP contribution is -2.12. The number of hydrogen-bond donors (Lipinski definition) is 1. The van der Waals surface area contributed by atoms with Crippen molar-refractivity contribution in [1.82, 2.24) is 9.97 Å². The van der Waals surface area contributed by atoms with Gasteiger partial charge in [0.1, 0.15) is 18.8 Å². The molecule has 0 saturated carbocycles. The molecule has 0 saturated heterocycles. The first-order valence-corrected chi connectivity index (χ1v) is 8.86. The lowest BCUT2D eigenvalue weighted by atomic mass is 9.93. The van der Waals surface area contributed by atoms with Crippen LogP contribution >= 0.6 is 11.6 Å². The minimum Gasteiger partial charge on any atom is -0.386 e. The molecule has 1 N–H and O–H groups in total. The number of alkyl halides is 1. The second-order valence-electron chi connectivity index (χ2n) is 6.12. The zero-order chi connectivity index (χ0) is 19.2. The van der Waals surface area contributed by atoms with Crippen molar-refractivity contribution in [2.75, 3.05) is 6.67 Å². The van der Waals surface area contributed by atoms with Crippen molar-refractivity contribution >= 4 is 17.8 Å². The second-order valence-corrected chi connectivity index (χ2v) is 6.56. The van der Waals surface area contributed by atoms with Gasteiger partial charge in [-0.3, -0.25) is 15.0 Å². The average Bonchev–Trinajstić information content (AvgIpc) is 2.68. The molecule has 0 aliphatic carbocycles. The highest BCUT2D eigenvalue weighted by Gasteiger charge is 2.25. The number of aliphatic hydroxyl groups excluding tert-OH is 1. The van der Waals surface area contributed by atoms with E-state index in [4.69, 9.17) is 11.6 Å². The number of aliphatic hydroxyl groups is 1. The van der Waals surface area contributed by atoms with Crippen LogP contribution in [0.3, 0.4) is 0 Å². The number of aromatic nitrogens is 2. The van der Waals surface area contributed by atoms with Crippen molar-refractivity contribution in [2.24, 2.45) is 4.99 Å². The third-order valence-corrected chi connectivity index (χ3v) is 4.35. The van der Waals surface area contributed by atoms with Crippen molar-refractivity contribution in [3.8, 4) is 11.3 Å². The molecule has 6 heteroatoms. The highest BCUT2D eigenvalue weighted by molar-refractivity contribution is 6.30. The van der Waals surface area contributed by atoms with Crippen molar-refractivity contribution in [2.45, 2.75) is 19.1 Å². The van der Waals surface area contributed by atoms with Gasteiger partial charge < -0.3 is 5.11 Å². The van der Waals surface area contributed by atoms with Crippen molar-refractivity contribution in [3.05, 3.63) is 82.8 Å². The molecule has 0 aliphatic rings. The molecular weight excluding hydrogens is 365 g/mol. The Morgan fingerprint density at radius 3 is 2.74 bits per heavy atom. The molecule has 2 atom stereocenters. The molecule has 0 bridgehead atoms. The van der Waals surface area contributed by atoms with Crippen LogP contribution in [0.4, 0.5) is 4.39 Å². The van der Waals surface area contributed by atoms with Gasteiger partial charge in [-0.15, -0.1) is 0 Å². The van der Waals surface area contributed by atoms with Crippen LogP contribution in [0.5, 0.6) is 0 Å².